The van der Waals surface area contributed by atoms with Gasteiger partial charge in [0.2, 0.25) is 0 Å². The first-order chi connectivity index (χ1) is 9.51. The summed E-state index contributed by atoms with van der Waals surface area (Å²) in [6.07, 6.45) is 0.882. The second-order valence-electron chi connectivity index (χ2n) is 4.13. The Labute approximate surface area is 125 Å². The van der Waals surface area contributed by atoms with Crippen molar-refractivity contribution in [2.24, 2.45) is 5.73 Å². The number of rotatable bonds is 4. The lowest BCUT2D eigenvalue weighted by atomic mass is 10.1. The lowest BCUT2D eigenvalue weighted by molar-refractivity contribution is 0.103. The molecule has 0 saturated carbocycles. The summed E-state index contributed by atoms with van der Waals surface area (Å²) < 4.78 is 13.2. The van der Waals surface area contributed by atoms with Crippen molar-refractivity contribution in [2.45, 2.75) is 13.3 Å². The number of aryl methyl sites for hydroxylation is 1. The van der Waals surface area contributed by atoms with Gasteiger partial charge in [0, 0.05) is 10.4 Å². The number of nitrogens with one attached hydrogen (secondary N) is 1. The van der Waals surface area contributed by atoms with Crippen molar-refractivity contribution in [1.29, 1.82) is 0 Å². The van der Waals surface area contributed by atoms with Crippen LogP contribution < -0.4 is 11.1 Å². The summed E-state index contributed by atoms with van der Waals surface area (Å²) in [5.74, 6) is -0.700. The lowest BCUT2D eigenvalue weighted by Crippen LogP contribution is -2.17. The number of amides is 1. The highest BCUT2D eigenvalue weighted by atomic mass is 32.1. The van der Waals surface area contributed by atoms with Crippen molar-refractivity contribution in [2.75, 3.05) is 5.32 Å². The van der Waals surface area contributed by atoms with Crippen LogP contribution in [-0.2, 0) is 6.42 Å². The van der Waals surface area contributed by atoms with Crippen LogP contribution >= 0.6 is 23.6 Å². The summed E-state index contributed by atoms with van der Waals surface area (Å²) in [6.45, 7) is 2.03. The Morgan fingerprint density at radius 1 is 1.40 bits per heavy atom. The molecule has 1 aromatic heterocycles. The standard InChI is InChI=1S/C14H13FN2OS2/c1-2-9-4-6-12(20-9)14(18)17-11-5-3-8(15)7-10(11)13(16)19/h3-7H,2H2,1H3,(H2,16,19)(H,17,18). The summed E-state index contributed by atoms with van der Waals surface area (Å²) in [5.41, 5.74) is 6.27. The van der Waals surface area contributed by atoms with E-state index >= 15 is 0 Å². The van der Waals surface area contributed by atoms with Crippen LogP contribution in [0.5, 0.6) is 0 Å². The minimum atomic E-state index is -0.449. The minimum Gasteiger partial charge on any atom is -0.389 e. The van der Waals surface area contributed by atoms with Crippen LogP contribution in [0.1, 0.15) is 27.0 Å². The maximum Gasteiger partial charge on any atom is 0.265 e. The Balaban J connectivity index is 2.25. The number of benzene rings is 1. The number of anilines is 1. The molecule has 0 radical (unpaired) electrons. The summed E-state index contributed by atoms with van der Waals surface area (Å²) in [5, 5.41) is 2.71. The van der Waals surface area contributed by atoms with Gasteiger partial charge >= 0.3 is 0 Å². The van der Waals surface area contributed by atoms with Crippen LogP contribution in [0.4, 0.5) is 10.1 Å². The Morgan fingerprint density at radius 2 is 2.15 bits per heavy atom. The molecule has 1 aromatic carbocycles. The summed E-state index contributed by atoms with van der Waals surface area (Å²) in [4.78, 5) is 13.9. The van der Waals surface area contributed by atoms with Crippen molar-refractivity contribution in [3.8, 4) is 0 Å². The molecule has 104 valence electrons. The second-order valence-corrected chi connectivity index (χ2v) is 5.74. The van der Waals surface area contributed by atoms with Gasteiger partial charge in [0.1, 0.15) is 10.8 Å². The molecule has 0 unspecified atom stereocenters. The van der Waals surface area contributed by atoms with Gasteiger partial charge in [0.25, 0.3) is 5.91 Å². The molecule has 0 bridgehead atoms. The minimum absolute atomic E-state index is 0.0419. The highest BCUT2D eigenvalue weighted by molar-refractivity contribution is 7.80. The van der Waals surface area contributed by atoms with Gasteiger partial charge in [-0.25, -0.2) is 4.39 Å². The summed E-state index contributed by atoms with van der Waals surface area (Å²) >= 11 is 6.29. The molecule has 0 aliphatic carbocycles. The predicted molar refractivity (Wildman–Crippen MR) is 83.9 cm³/mol. The van der Waals surface area contributed by atoms with Crippen LogP contribution in [-0.4, -0.2) is 10.9 Å². The smallest absolute Gasteiger partial charge is 0.265 e. The lowest BCUT2D eigenvalue weighted by Gasteiger charge is -2.09. The number of halogens is 1. The van der Waals surface area contributed by atoms with Crippen molar-refractivity contribution in [1.82, 2.24) is 0 Å². The van der Waals surface area contributed by atoms with Crippen LogP contribution in [0, 0.1) is 5.82 Å². The highest BCUT2D eigenvalue weighted by Gasteiger charge is 2.13. The molecule has 0 saturated heterocycles. The highest BCUT2D eigenvalue weighted by Crippen LogP contribution is 2.21. The van der Waals surface area contributed by atoms with Crippen LogP contribution in [0.3, 0.4) is 0 Å². The monoisotopic (exact) mass is 308 g/mol. The van der Waals surface area contributed by atoms with E-state index in [2.05, 4.69) is 5.32 Å². The number of thiocarbonyl (C=S) groups is 1. The molecule has 1 amide bonds. The fourth-order valence-electron chi connectivity index (χ4n) is 1.70. The second kappa shape index (κ2) is 6.11. The quantitative estimate of drug-likeness (QED) is 0.852. The largest absolute Gasteiger partial charge is 0.389 e. The number of hydrogen-bond acceptors (Lipinski definition) is 3. The van der Waals surface area contributed by atoms with Gasteiger partial charge in [-0.2, -0.15) is 0 Å². The van der Waals surface area contributed by atoms with Crippen LogP contribution in [0.2, 0.25) is 0 Å². The van der Waals surface area contributed by atoms with Crippen molar-refractivity contribution < 1.29 is 9.18 Å². The van der Waals surface area contributed by atoms with E-state index in [9.17, 15) is 9.18 Å². The molecule has 2 aromatic rings. The van der Waals surface area contributed by atoms with Gasteiger partial charge in [-0.3, -0.25) is 4.79 Å². The first-order valence-corrected chi connectivity index (χ1v) is 7.23. The molecule has 0 atom stereocenters. The third-order valence-electron chi connectivity index (χ3n) is 2.73. The molecular weight excluding hydrogens is 295 g/mol. The first kappa shape index (κ1) is 14.6. The van der Waals surface area contributed by atoms with Crippen molar-refractivity contribution in [3.63, 3.8) is 0 Å². The Morgan fingerprint density at radius 3 is 2.75 bits per heavy atom. The number of thiophene rings is 1. The van der Waals surface area contributed by atoms with E-state index in [1.54, 1.807) is 6.07 Å². The molecule has 20 heavy (non-hydrogen) atoms. The van der Waals surface area contributed by atoms with E-state index in [0.717, 1.165) is 11.3 Å². The zero-order valence-corrected chi connectivity index (χ0v) is 12.4. The van der Waals surface area contributed by atoms with Gasteiger partial charge < -0.3 is 11.1 Å². The van der Waals surface area contributed by atoms with Crippen molar-refractivity contribution in [3.05, 3.63) is 51.5 Å². The van der Waals surface area contributed by atoms with Gasteiger partial charge in [0.05, 0.1) is 10.6 Å². The molecule has 3 nitrogen and oxygen atoms in total. The van der Waals surface area contributed by atoms with Gasteiger partial charge in [-0.15, -0.1) is 11.3 Å². The molecular formula is C14H13FN2OS2. The van der Waals surface area contributed by atoms with E-state index in [4.69, 9.17) is 18.0 Å². The predicted octanol–water partition coefficient (Wildman–Crippen LogP) is 3.34. The molecule has 0 aliphatic heterocycles. The zero-order valence-electron chi connectivity index (χ0n) is 10.8. The molecule has 6 heteroatoms. The van der Waals surface area contributed by atoms with Gasteiger partial charge in [-0.05, 0) is 36.8 Å². The molecule has 0 spiro atoms. The molecule has 0 aliphatic rings. The fourth-order valence-corrected chi connectivity index (χ4v) is 2.71. The van der Waals surface area contributed by atoms with E-state index < -0.39 is 5.82 Å². The van der Waals surface area contributed by atoms with Crippen LogP contribution in [0.25, 0.3) is 0 Å². The summed E-state index contributed by atoms with van der Waals surface area (Å²) in [6, 6.07) is 7.60. The first-order valence-electron chi connectivity index (χ1n) is 6.00. The third kappa shape index (κ3) is 3.20. The number of carbonyl (C=O) groups is 1. The van der Waals surface area contributed by atoms with E-state index in [1.165, 1.54) is 29.5 Å². The molecule has 3 N–H and O–H groups in total. The molecule has 1 heterocycles. The topological polar surface area (TPSA) is 55.1 Å². The zero-order chi connectivity index (χ0) is 14.7. The average Bonchev–Trinajstić information content (AvgIpc) is 2.89. The van der Waals surface area contributed by atoms with E-state index in [-0.39, 0.29) is 10.9 Å². The maximum absolute atomic E-state index is 13.2. The Hall–Kier alpha value is -1.79. The van der Waals surface area contributed by atoms with Crippen molar-refractivity contribution >= 4 is 40.1 Å². The molecule has 0 fully saturated rings. The Kier molecular flexibility index (Phi) is 4.46. The Bertz CT molecular complexity index is 667. The molecule has 2 rings (SSSR count). The fraction of sp³-hybridized carbons (Fsp3) is 0.143. The van der Waals surface area contributed by atoms with Crippen LogP contribution in [0.15, 0.2) is 30.3 Å². The van der Waals surface area contributed by atoms with Gasteiger partial charge in [-0.1, -0.05) is 19.1 Å². The number of nitrogens with two attached hydrogens (primary N) is 1. The number of carbonyl (C=O) groups excluding carboxylic acids is 1. The summed E-state index contributed by atoms with van der Waals surface area (Å²) in [7, 11) is 0. The SMILES string of the molecule is CCc1ccc(C(=O)Nc2ccc(F)cc2C(N)=S)s1. The average molecular weight is 308 g/mol. The maximum atomic E-state index is 13.2. The van der Waals surface area contributed by atoms with Gasteiger partial charge in [0.15, 0.2) is 0 Å². The third-order valence-corrected chi connectivity index (χ3v) is 4.18. The normalized spacial score (nSPS) is 10.3. The van der Waals surface area contributed by atoms with E-state index in [1.807, 2.05) is 13.0 Å². The number of hydrogen-bond donors (Lipinski definition) is 2. The van der Waals surface area contributed by atoms with E-state index in [0.29, 0.717) is 16.1 Å².